The molecule has 0 bridgehead atoms. The minimum absolute atomic E-state index is 0. The first-order chi connectivity index (χ1) is 17.9. The highest BCUT2D eigenvalue weighted by molar-refractivity contribution is 6.32. The van der Waals surface area contributed by atoms with Crippen LogP contribution in [0.3, 0.4) is 0 Å². The molecule has 5 rings (SSSR count). The number of aromatic nitrogens is 8. The third-order valence-electron chi connectivity index (χ3n) is 4.32. The Balaban J connectivity index is 0. The molecular weight excluding hydrogens is 604 g/mol. The van der Waals surface area contributed by atoms with Crippen LogP contribution in [0.4, 0.5) is 5.95 Å². The maximum Gasteiger partial charge on any atom is 0.221 e. The van der Waals surface area contributed by atoms with Crippen molar-refractivity contribution in [1.82, 2.24) is 39.9 Å². The zero-order chi connectivity index (χ0) is 28.2. The first-order valence-corrected chi connectivity index (χ1v) is 12.5. The topological polar surface area (TPSA) is 129 Å². The Labute approximate surface area is 263 Å². The van der Waals surface area contributed by atoms with Crippen LogP contribution >= 0.6 is 46.4 Å². The average Bonchev–Trinajstić information content (AvgIpc) is 2.82. The summed E-state index contributed by atoms with van der Waals surface area (Å²) in [6.45, 7) is 9.27. The molecule has 4 heterocycles. The SMILES string of the molecule is C.C.C.Cc1cc(Cl)nc(N)n1.Cc1cc2nc(Cl)c(C)nc2cc1Cl.Cc1cncc(Cl)n1.Cc1ncccn1. The highest BCUT2D eigenvalue weighted by atomic mass is 35.5. The third kappa shape index (κ3) is 14.8. The van der Waals surface area contributed by atoms with Crippen molar-refractivity contribution in [1.29, 1.82) is 0 Å². The van der Waals surface area contributed by atoms with Crippen molar-refractivity contribution in [3.8, 4) is 0 Å². The van der Waals surface area contributed by atoms with Crippen molar-refractivity contribution in [2.24, 2.45) is 0 Å². The Morgan fingerprint density at radius 2 is 1.24 bits per heavy atom. The van der Waals surface area contributed by atoms with Crippen LogP contribution in [-0.4, -0.2) is 39.9 Å². The predicted octanol–water partition coefficient (Wildman–Crippen LogP) is 8.71. The number of hydrogen-bond acceptors (Lipinski definition) is 9. The van der Waals surface area contributed by atoms with Crippen LogP contribution in [0.1, 0.15) is 50.7 Å². The summed E-state index contributed by atoms with van der Waals surface area (Å²) in [5.74, 6) is 1.04. The number of anilines is 1. The van der Waals surface area contributed by atoms with Crippen LogP contribution in [0.15, 0.2) is 49.1 Å². The second-order valence-electron chi connectivity index (χ2n) is 7.66. The molecule has 2 N–H and O–H groups in total. The van der Waals surface area contributed by atoms with Gasteiger partial charge in [-0.3, -0.25) is 4.98 Å². The van der Waals surface area contributed by atoms with Crippen LogP contribution in [0.25, 0.3) is 11.0 Å². The van der Waals surface area contributed by atoms with Crippen molar-refractivity contribution < 1.29 is 0 Å². The number of rotatable bonds is 0. The molecule has 0 spiro atoms. The zero-order valence-corrected chi connectivity index (χ0v) is 24.3. The molecule has 0 amide bonds. The summed E-state index contributed by atoms with van der Waals surface area (Å²) in [6, 6.07) is 7.14. The molecule has 41 heavy (non-hydrogen) atoms. The summed E-state index contributed by atoms with van der Waals surface area (Å²) in [7, 11) is 0. The highest BCUT2D eigenvalue weighted by Crippen LogP contribution is 2.23. The van der Waals surface area contributed by atoms with Crippen molar-refractivity contribution in [3.63, 3.8) is 0 Å². The van der Waals surface area contributed by atoms with Gasteiger partial charge < -0.3 is 5.73 Å². The lowest BCUT2D eigenvalue weighted by atomic mass is 10.2. The Morgan fingerprint density at radius 1 is 0.634 bits per heavy atom. The molecule has 0 fully saturated rings. The Kier molecular flexibility index (Phi) is 19.2. The quantitative estimate of drug-likeness (QED) is 0.165. The predicted molar refractivity (Wildman–Crippen MR) is 174 cm³/mol. The summed E-state index contributed by atoms with van der Waals surface area (Å²) in [6.07, 6.45) is 6.62. The van der Waals surface area contributed by atoms with Gasteiger partial charge in [0.2, 0.25) is 5.95 Å². The number of nitrogens with two attached hydrogens (primary N) is 1. The van der Waals surface area contributed by atoms with E-state index < -0.39 is 0 Å². The van der Waals surface area contributed by atoms with Gasteiger partial charge in [0.05, 0.1) is 28.6 Å². The maximum atomic E-state index is 5.98. The molecule has 5 aromatic rings. The van der Waals surface area contributed by atoms with Crippen LogP contribution in [-0.2, 0) is 0 Å². The van der Waals surface area contributed by atoms with Gasteiger partial charge in [-0.05, 0) is 64.4 Å². The first-order valence-electron chi connectivity index (χ1n) is 11.0. The minimum Gasteiger partial charge on any atom is -0.368 e. The maximum absolute atomic E-state index is 5.98. The molecule has 0 saturated heterocycles. The van der Waals surface area contributed by atoms with Gasteiger partial charge in [0, 0.05) is 29.3 Å². The third-order valence-corrected chi connectivity index (χ3v) is 5.46. The summed E-state index contributed by atoms with van der Waals surface area (Å²) in [5, 5.41) is 1.98. The number of halogens is 4. The average molecular weight is 641 g/mol. The number of nitrogens with zero attached hydrogens (tertiary/aromatic N) is 8. The lowest BCUT2D eigenvalue weighted by Crippen LogP contribution is -1.95. The van der Waals surface area contributed by atoms with Gasteiger partial charge in [-0.15, -0.1) is 0 Å². The normalized spacial score (nSPS) is 9.10. The van der Waals surface area contributed by atoms with Gasteiger partial charge in [-0.25, -0.2) is 34.9 Å². The molecule has 0 atom stereocenters. The fourth-order valence-corrected chi connectivity index (χ4v) is 3.33. The van der Waals surface area contributed by atoms with Gasteiger partial charge in [-0.2, -0.15) is 0 Å². The smallest absolute Gasteiger partial charge is 0.221 e. The van der Waals surface area contributed by atoms with Crippen LogP contribution in [0.2, 0.25) is 20.5 Å². The van der Waals surface area contributed by atoms with E-state index in [-0.39, 0.29) is 28.2 Å². The molecular formula is C28H37Cl4N9. The lowest BCUT2D eigenvalue weighted by Gasteiger charge is -2.03. The van der Waals surface area contributed by atoms with E-state index in [4.69, 9.17) is 52.1 Å². The van der Waals surface area contributed by atoms with Gasteiger partial charge in [0.15, 0.2) is 5.15 Å². The number of hydrogen-bond donors (Lipinski definition) is 1. The molecule has 0 unspecified atom stereocenters. The molecule has 1 aromatic carbocycles. The van der Waals surface area contributed by atoms with E-state index in [2.05, 4.69) is 39.9 Å². The first kappa shape index (κ1) is 39.9. The molecule has 0 aliphatic heterocycles. The van der Waals surface area contributed by atoms with Gasteiger partial charge in [-0.1, -0.05) is 68.7 Å². The molecule has 0 radical (unpaired) electrons. The van der Waals surface area contributed by atoms with E-state index in [9.17, 15) is 0 Å². The van der Waals surface area contributed by atoms with Gasteiger partial charge in [0.25, 0.3) is 0 Å². The molecule has 4 aromatic heterocycles. The summed E-state index contributed by atoms with van der Waals surface area (Å²) in [5.41, 5.74) is 10.1. The largest absolute Gasteiger partial charge is 0.368 e. The molecule has 0 aliphatic rings. The fourth-order valence-electron chi connectivity index (χ4n) is 2.61. The van der Waals surface area contributed by atoms with Crippen molar-refractivity contribution >= 4 is 63.4 Å². The van der Waals surface area contributed by atoms with Crippen molar-refractivity contribution in [3.05, 3.63) is 98.0 Å². The van der Waals surface area contributed by atoms with E-state index in [0.29, 0.717) is 20.5 Å². The second-order valence-corrected chi connectivity index (χ2v) is 9.20. The standard InChI is InChI=1S/C10H8Cl2N2.C5H6ClN3.C5H5ClN2.C5H6N2.3CH4/c1-5-3-8-9(4-7(5)11)13-6(2)10(12)14-8;1-3-2-4(6)9-5(7)8-3;1-4-2-7-3-5(6)8-4;1-5-6-3-2-4-7-5;;;/h3-4H,1-2H3;2H,1H3,(H2,7,8,9);2-3H,1H3;2-4H,1H3;3*1H4. The van der Waals surface area contributed by atoms with Crippen LogP contribution < -0.4 is 5.73 Å². The molecule has 9 nitrogen and oxygen atoms in total. The van der Waals surface area contributed by atoms with Crippen LogP contribution in [0.5, 0.6) is 0 Å². The monoisotopic (exact) mass is 639 g/mol. The summed E-state index contributed by atoms with van der Waals surface area (Å²) >= 11 is 22.8. The van der Waals surface area contributed by atoms with E-state index in [1.54, 1.807) is 30.7 Å². The number of aryl methyl sites for hydroxylation is 5. The van der Waals surface area contributed by atoms with E-state index >= 15 is 0 Å². The van der Waals surface area contributed by atoms with Crippen LogP contribution in [0, 0.1) is 34.6 Å². The molecule has 0 saturated carbocycles. The number of nitrogen functional groups attached to an aromatic ring is 1. The second kappa shape index (κ2) is 19.8. The fraction of sp³-hybridized carbons (Fsp3) is 0.286. The van der Waals surface area contributed by atoms with E-state index in [1.165, 1.54) is 6.20 Å². The summed E-state index contributed by atoms with van der Waals surface area (Å²) < 4.78 is 0. The zero-order valence-electron chi connectivity index (χ0n) is 21.3. The molecule has 222 valence electrons. The Bertz CT molecular complexity index is 1330. The van der Waals surface area contributed by atoms with E-state index in [0.717, 1.165) is 39.5 Å². The Hall–Kier alpha value is -3.24. The van der Waals surface area contributed by atoms with Crippen molar-refractivity contribution in [2.45, 2.75) is 56.9 Å². The Morgan fingerprint density at radius 3 is 1.71 bits per heavy atom. The lowest BCUT2D eigenvalue weighted by molar-refractivity contribution is 1.05. The van der Waals surface area contributed by atoms with Gasteiger partial charge in [0.1, 0.15) is 16.1 Å². The van der Waals surface area contributed by atoms with Crippen molar-refractivity contribution in [2.75, 3.05) is 5.73 Å². The molecule has 13 heteroatoms. The summed E-state index contributed by atoms with van der Waals surface area (Å²) in [4.78, 5) is 31.4. The molecule has 0 aliphatic carbocycles. The number of fused-ring (bicyclic) bond motifs is 1. The number of benzene rings is 1. The highest BCUT2D eigenvalue weighted by Gasteiger charge is 2.05. The van der Waals surface area contributed by atoms with Gasteiger partial charge >= 0.3 is 0 Å². The minimum atomic E-state index is 0. The van der Waals surface area contributed by atoms with E-state index in [1.807, 2.05) is 46.8 Å².